The fourth-order valence-electron chi connectivity index (χ4n) is 2.54. The molecule has 1 saturated heterocycles. The molecule has 0 unspecified atom stereocenters. The molecule has 4 amide bonds. The molecule has 1 aliphatic rings. The Bertz CT molecular complexity index is 998. The minimum Gasteiger partial charge on any atom is -0.497 e. The number of carbonyl (C=O) groups is 3. The van der Waals surface area contributed by atoms with Gasteiger partial charge in [0.25, 0.3) is 17.5 Å². The number of hydrogen-bond donors (Lipinski definition) is 1. The molecular weight excluding hydrogens is 354 g/mol. The SMILES string of the molecule is COc1cccc(/C=C2/C(=O)NC(=O)N(c3cccc([N+](=O)[O-])c3)C2=O)c1. The van der Waals surface area contributed by atoms with Crippen LogP contribution in [0, 0.1) is 10.1 Å². The number of methoxy groups -OCH3 is 1. The molecule has 1 aliphatic heterocycles. The Morgan fingerprint density at radius 3 is 2.56 bits per heavy atom. The van der Waals surface area contributed by atoms with Crippen molar-refractivity contribution in [2.45, 2.75) is 0 Å². The summed E-state index contributed by atoms with van der Waals surface area (Å²) in [6.45, 7) is 0. The lowest BCUT2D eigenvalue weighted by atomic mass is 10.1. The summed E-state index contributed by atoms with van der Waals surface area (Å²) in [7, 11) is 1.48. The molecule has 0 bridgehead atoms. The monoisotopic (exact) mass is 367 g/mol. The van der Waals surface area contributed by atoms with Crippen molar-refractivity contribution in [3.8, 4) is 5.75 Å². The van der Waals surface area contributed by atoms with E-state index in [0.29, 0.717) is 16.2 Å². The van der Waals surface area contributed by atoms with Gasteiger partial charge in [0, 0.05) is 12.1 Å². The third kappa shape index (κ3) is 3.52. The molecule has 0 radical (unpaired) electrons. The lowest BCUT2D eigenvalue weighted by Gasteiger charge is -2.26. The van der Waals surface area contributed by atoms with E-state index in [-0.39, 0.29) is 16.9 Å². The van der Waals surface area contributed by atoms with Gasteiger partial charge in [-0.3, -0.25) is 25.0 Å². The molecule has 0 aromatic heterocycles. The van der Waals surface area contributed by atoms with Crippen LogP contribution in [0.5, 0.6) is 5.75 Å². The number of nitrogens with one attached hydrogen (secondary N) is 1. The van der Waals surface area contributed by atoms with Crippen LogP contribution in [0.15, 0.2) is 54.1 Å². The van der Waals surface area contributed by atoms with Crippen molar-refractivity contribution in [1.29, 1.82) is 0 Å². The highest BCUT2D eigenvalue weighted by Crippen LogP contribution is 2.25. The van der Waals surface area contributed by atoms with Gasteiger partial charge in [-0.1, -0.05) is 18.2 Å². The molecule has 0 spiro atoms. The molecule has 3 rings (SSSR count). The Balaban J connectivity index is 2.02. The number of benzene rings is 2. The number of nitrogens with zero attached hydrogens (tertiary/aromatic N) is 2. The van der Waals surface area contributed by atoms with Gasteiger partial charge >= 0.3 is 6.03 Å². The van der Waals surface area contributed by atoms with Gasteiger partial charge < -0.3 is 4.74 Å². The van der Waals surface area contributed by atoms with E-state index >= 15 is 0 Å². The molecule has 1 fully saturated rings. The second-order valence-electron chi connectivity index (χ2n) is 5.51. The van der Waals surface area contributed by atoms with Crippen LogP contribution in [0.25, 0.3) is 6.08 Å². The molecule has 2 aromatic rings. The fourth-order valence-corrected chi connectivity index (χ4v) is 2.54. The summed E-state index contributed by atoms with van der Waals surface area (Å²) in [5.74, 6) is -1.21. The van der Waals surface area contributed by atoms with Crippen LogP contribution in [0.4, 0.5) is 16.2 Å². The standard InChI is InChI=1S/C18H13N3O6/c1-27-14-7-2-4-11(8-14)9-15-16(22)19-18(24)20(17(15)23)12-5-3-6-13(10-12)21(25)26/h2-10H,1H3,(H,19,22,24)/b15-9-. The molecule has 1 N–H and O–H groups in total. The predicted molar refractivity (Wildman–Crippen MR) is 95.1 cm³/mol. The third-order valence-electron chi connectivity index (χ3n) is 3.81. The Morgan fingerprint density at radius 1 is 1.11 bits per heavy atom. The second-order valence-corrected chi connectivity index (χ2v) is 5.51. The van der Waals surface area contributed by atoms with Crippen molar-refractivity contribution in [2.24, 2.45) is 0 Å². The Hall–Kier alpha value is -4.01. The molecule has 27 heavy (non-hydrogen) atoms. The van der Waals surface area contributed by atoms with Gasteiger partial charge in [0.1, 0.15) is 11.3 Å². The highest BCUT2D eigenvalue weighted by atomic mass is 16.6. The number of hydrogen-bond acceptors (Lipinski definition) is 6. The van der Waals surface area contributed by atoms with Crippen molar-refractivity contribution in [2.75, 3.05) is 12.0 Å². The quantitative estimate of drug-likeness (QED) is 0.383. The number of nitro benzene ring substituents is 1. The largest absolute Gasteiger partial charge is 0.497 e. The van der Waals surface area contributed by atoms with E-state index in [4.69, 9.17) is 4.74 Å². The number of imide groups is 2. The summed E-state index contributed by atoms with van der Waals surface area (Å²) in [5.41, 5.74) is -0.0744. The molecule has 2 aromatic carbocycles. The zero-order valence-electron chi connectivity index (χ0n) is 14.0. The lowest BCUT2D eigenvalue weighted by molar-refractivity contribution is -0.384. The first-order chi connectivity index (χ1) is 12.9. The number of barbiturate groups is 1. The summed E-state index contributed by atoms with van der Waals surface area (Å²) in [6, 6.07) is 10.7. The van der Waals surface area contributed by atoms with Crippen LogP contribution < -0.4 is 15.0 Å². The average molecular weight is 367 g/mol. The topological polar surface area (TPSA) is 119 Å². The molecule has 1 heterocycles. The van der Waals surface area contributed by atoms with E-state index in [2.05, 4.69) is 5.32 Å². The first kappa shape index (κ1) is 17.8. The normalized spacial score (nSPS) is 15.7. The van der Waals surface area contributed by atoms with Gasteiger partial charge in [-0.15, -0.1) is 0 Å². The van der Waals surface area contributed by atoms with Crippen LogP contribution in [0.2, 0.25) is 0 Å². The Morgan fingerprint density at radius 2 is 1.85 bits per heavy atom. The highest BCUT2D eigenvalue weighted by molar-refractivity contribution is 6.39. The van der Waals surface area contributed by atoms with Crippen molar-refractivity contribution < 1.29 is 24.0 Å². The van der Waals surface area contributed by atoms with E-state index in [9.17, 15) is 24.5 Å². The molecule has 136 valence electrons. The minimum absolute atomic E-state index is 0.0178. The number of ether oxygens (including phenoxy) is 1. The Labute approximate surface area is 153 Å². The highest BCUT2D eigenvalue weighted by Gasteiger charge is 2.37. The summed E-state index contributed by atoms with van der Waals surface area (Å²) < 4.78 is 5.10. The van der Waals surface area contributed by atoms with Gasteiger partial charge in [-0.05, 0) is 29.8 Å². The summed E-state index contributed by atoms with van der Waals surface area (Å²) >= 11 is 0. The van der Waals surface area contributed by atoms with Gasteiger partial charge in [0.15, 0.2) is 0 Å². The summed E-state index contributed by atoms with van der Waals surface area (Å²) in [6.07, 6.45) is 1.32. The van der Waals surface area contributed by atoms with E-state index in [1.54, 1.807) is 24.3 Å². The molecule has 0 aliphatic carbocycles. The van der Waals surface area contributed by atoms with Crippen LogP contribution in [-0.4, -0.2) is 29.9 Å². The molecule has 0 atom stereocenters. The number of nitro groups is 1. The number of anilines is 1. The van der Waals surface area contributed by atoms with E-state index in [1.807, 2.05) is 0 Å². The number of carbonyl (C=O) groups excluding carboxylic acids is 3. The van der Waals surface area contributed by atoms with Gasteiger partial charge in [0.2, 0.25) is 0 Å². The summed E-state index contributed by atoms with van der Waals surface area (Å²) in [5, 5.41) is 13.0. The second kappa shape index (κ2) is 7.08. The fraction of sp³-hybridized carbons (Fsp3) is 0.0556. The van der Waals surface area contributed by atoms with Gasteiger partial charge in [-0.25, -0.2) is 9.69 Å². The lowest BCUT2D eigenvalue weighted by Crippen LogP contribution is -2.54. The molecule has 9 heteroatoms. The maximum atomic E-state index is 12.8. The third-order valence-corrected chi connectivity index (χ3v) is 3.81. The van der Waals surface area contributed by atoms with Crippen molar-refractivity contribution in [3.63, 3.8) is 0 Å². The van der Waals surface area contributed by atoms with E-state index < -0.39 is 22.8 Å². The number of rotatable bonds is 4. The van der Waals surface area contributed by atoms with Crippen LogP contribution in [0.1, 0.15) is 5.56 Å². The number of urea groups is 1. The Kier molecular flexibility index (Phi) is 4.67. The van der Waals surface area contributed by atoms with E-state index in [1.165, 1.54) is 31.4 Å². The number of non-ortho nitro benzene ring substituents is 1. The van der Waals surface area contributed by atoms with Crippen molar-refractivity contribution in [3.05, 3.63) is 69.8 Å². The predicted octanol–water partition coefficient (Wildman–Crippen LogP) is 2.27. The van der Waals surface area contributed by atoms with Crippen molar-refractivity contribution >= 4 is 35.3 Å². The van der Waals surface area contributed by atoms with Crippen LogP contribution in [0.3, 0.4) is 0 Å². The molecule has 0 saturated carbocycles. The molecule has 9 nitrogen and oxygen atoms in total. The van der Waals surface area contributed by atoms with Crippen LogP contribution in [-0.2, 0) is 9.59 Å². The maximum Gasteiger partial charge on any atom is 0.335 e. The number of amides is 4. The van der Waals surface area contributed by atoms with Gasteiger partial charge in [0.05, 0.1) is 17.7 Å². The maximum absolute atomic E-state index is 12.8. The van der Waals surface area contributed by atoms with Crippen molar-refractivity contribution in [1.82, 2.24) is 5.32 Å². The zero-order chi connectivity index (χ0) is 19.6. The average Bonchev–Trinajstić information content (AvgIpc) is 2.65. The first-order valence-corrected chi connectivity index (χ1v) is 7.70. The summed E-state index contributed by atoms with van der Waals surface area (Å²) in [4.78, 5) is 48.0. The molecular formula is C18H13N3O6. The van der Waals surface area contributed by atoms with Gasteiger partial charge in [-0.2, -0.15) is 0 Å². The van der Waals surface area contributed by atoms with E-state index in [0.717, 1.165) is 6.07 Å². The first-order valence-electron chi connectivity index (χ1n) is 7.70. The van der Waals surface area contributed by atoms with Crippen LogP contribution >= 0.6 is 0 Å². The minimum atomic E-state index is -0.978. The zero-order valence-corrected chi connectivity index (χ0v) is 14.0. The smallest absolute Gasteiger partial charge is 0.335 e.